The number of nitrogens with one attached hydrogen (secondary N) is 1. The first-order valence-corrected chi connectivity index (χ1v) is 5.20. The lowest BCUT2D eigenvalue weighted by Crippen LogP contribution is -2.38. The molecule has 1 N–H and O–H groups in total. The number of aromatic nitrogens is 2. The Morgan fingerprint density at radius 1 is 1.50 bits per heavy atom. The zero-order valence-corrected chi connectivity index (χ0v) is 9.53. The summed E-state index contributed by atoms with van der Waals surface area (Å²) in [6.45, 7) is 5.30. The first kappa shape index (κ1) is 10.9. The minimum absolute atomic E-state index is 0.0355. The molecule has 1 atom stereocenters. The average molecular weight is 222 g/mol. The van der Waals surface area contributed by atoms with Crippen molar-refractivity contribution in [2.75, 3.05) is 0 Å². The molecule has 0 amide bonds. The Morgan fingerprint density at radius 3 is 2.50 bits per heavy atom. The number of carbonyl (C=O) groups excluding carboxylic acids is 1. The lowest BCUT2D eigenvalue weighted by molar-refractivity contribution is 0.101. The Hall–Kier alpha value is -1.65. The molecule has 1 aromatic rings. The summed E-state index contributed by atoms with van der Waals surface area (Å²) in [6.07, 6.45) is 1.98. The third-order valence-electron chi connectivity index (χ3n) is 3.16. The van der Waals surface area contributed by atoms with Crippen LogP contribution in [0.15, 0.2) is 15.8 Å². The van der Waals surface area contributed by atoms with Gasteiger partial charge in [0.2, 0.25) is 0 Å². The van der Waals surface area contributed by atoms with Crippen LogP contribution in [0.4, 0.5) is 0 Å². The van der Waals surface area contributed by atoms with Gasteiger partial charge in [0.05, 0.1) is 5.56 Å². The van der Waals surface area contributed by atoms with Gasteiger partial charge in [-0.15, -0.1) is 0 Å². The molecule has 86 valence electrons. The highest BCUT2D eigenvalue weighted by Crippen LogP contribution is 2.54. The third-order valence-corrected chi connectivity index (χ3v) is 3.16. The maximum atomic E-state index is 11.9. The van der Waals surface area contributed by atoms with E-state index in [9.17, 15) is 14.4 Å². The van der Waals surface area contributed by atoms with Crippen LogP contribution in [-0.2, 0) is 0 Å². The average Bonchev–Trinajstić information content (AvgIpc) is 2.74. The molecule has 1 aromatic heterocycles. The van der Waals surface area contributed by atoms with Crippen LogP contribution in [0.2, 0.25) is 0 Å². The second-order valence-electron chi connectivity index (χ2n) is 4.95. The summed E-state index contributed by atoms with van der Waals surface area (Å²) in [6, 6.07) is -0.0944. The molecule has 0 spiro atoms. The summed E-state index contributed by atoms with van der Waals surface area (Å²) < 4.78 is 1.16. The maximum Gasteiger partial charge on any atom is 0.328 e. The second kappa shape index (κ2) is 3.17. The maximum absolute atomic E-state index is 11.9. The molecule has 0 radical (unpaired) electrons. The van der Waals surface area contributed by atoms with Crippen molar-refractivity contribution in [1.82, 2.24) is 9.55 Å². The highest BCUT2D eigenvalue weighted by molar-refractivity contribution is 5.93. The number of aromatic amines is 1. The number of H-pyrrole nitrogens is 1. The standard InChI is InChI=1S/C11H14N2O3/c1-6(14)7-5-12-10(16)13(9(7)15)8-4-11(8,2)3/h5,8H,4H2,1-3H3,(H,12,16). The second-order valence-corrected chi connectivity index (χ2v) is 4.95. The zero-order chi connectivity index (χ0) is 12.1. The highest BCUT2D eigenvalue weighted by Gasteiger charge is 2.48. The Bertz CT molecular complexity index is 565. The number of hydrogen-bond donors (Lipinski definition) is 1. The fourth-order valence-corrected chi connectivity index (χ4v) is 1.90. The first-order valence-electron chi connectivity index (χ1n) is 5.20. The van der Waals surface area contributed by atoms with Crippen LogP contribution in [0.1, 0.15) is 43.6 Å². The predicted octanol–water partition coefficient (Wildman–Crippen LogP) is 0.710. The van der Waals surface area contributed by atoms with Gasteiger partial charge in [-0.1, -0.05) is 13.8 Å². The van der Waals surface area contributed by atoms with Crippen LogP contribution in [-0.4, -0.2) is 15.3 Å². The number of carbonyl (C=O) groups is 1. The lowest BCUT2D eigenvalue weighted by atomic mass is 10.2. The molecule has 1 fully saturated rings. The van der Waals surface area contributed by atoms with Gasteiger partial charge in [-0.2, -0.15) is 0 Å². The van der Waals surface area contributed by atoms with Crippen LogP contribution >= 0.6 is 0 Å². The summed E-state index contributed by atoms with van der Waals surface area (Å²) in [7, 11) is 0. The summed E-state index contributed by atoms with van der Waals surface area (Å²) in [4.78, 5) is 37.1. The molecule has 1 saturated carbocycles. The Kier molecular flexibility index (Phi) is 2.15. The van der Waals surface area contributed by atoms with E-state index in [1.165, 1.54) is 13.1 Å². The van der Waals surface area contributed by atoms with E-state index >= 15 is 0 Å². The summed E-state index contributed by atoms with van der Waals surface area (Å²) >= 11 is 0. The molecule has 0 aliphatic heterocycles. The van der Waals surface area contributed by atoms with E-state index in [1.807, 2.05) is 13.8 Å². The van der Waals surface area contributed by atoms with Crippen molar-refractivity contribution >= 4 is 5.78 Å². The molecule has 1 aliphatic carbocycles. The number of nitrogens with zero attached hydrogens (tertiary/aromatic N) is 1. The Morgan fingerprint density at radius 2 is 2.06 bits per heavy atom. The normalized spacial score (nSPS) is 21.8. The van der Waals surface area contributed by atoms with E-state index in [4.69, 9.17) is 0 Å². The van der Waals surface area contributed by atoms with Crippen LogP contribution < -0.4 is 11.2 Å². The zero-order valence-electron chi connectivity index (χ0n) is 9.53. The van der Waals surface area contributed by atoms with Crippen molar-refractivity contribution < 1.29 is 4.79 Å². The molecule has 1 aliphatic rings. The summed E-state index contributed by atoms with van der Waals surface area (Å²) in [5.74, 6) is -0.326. The van der Waals surface area contributed by atoms with Gasteiger partial charge in [0, 0.05) is 12.2 Å². The number of ketones is 1. The predicted molar refractivity (Wildman–Crippen MR) is 58.8 cm³/mol. The van der Waals surface area contributed by atoms with E-state index in [0.717, 1.165) is 11.0 Å². The van der Waals surface area contributed by atoms with Gasteiger partial charge in [-0.3, -0.25) is 14.2 Å². The number of hydrogen-bond acceptors (Lipinski definition) is 3. The molecule has 5 heteroatoms. The van der Waals surface area contributed by atoms with E-state index in [1.54, 1.807) is 0 Å². The van der Waals surface area contributed by atoms with Gasteiger partial charge >= 0.3 is 5.69 Å². The molecule has 0 aromatic carbocycles. The van der Waals surface area contributed by atoms with Gasteiger partial charge in [-0.05, 0) is 18.8 Å². The number of rotatable bonds is 2. The lowest BCUT2D eigenvalue weighted by Gasteiger charge is -2.07. The minimum Gasteiger partial charge on any atom is -0.313 e. The van der Waals surface area contributed by atoms with Crippen LogP contribution in [0.25, 0.3) is 0 Å². The van der Waals surface area contributed by atoms with Crippen LogP contribution in [0.5, 0.6) is 0 Å². The molecule has 0 saturated heterocycles. The molecule has 2 rings (SSSR count). The monoisotopic (exact) mass is 222 g/mol. The van der Waals surface area contributed by atoms with Gasteiger partial charge in [0.15, 0.2) is 5.78 Å². The number of Topliss-reactive ketones (excluding diaryl/α,β-unsaturated/α-hetero) is 1. The van der Waals surface area contributed by atoms with E-state index in [-0.39, 0.29) is 22.8 Å². The third kappa shape index (κ3) is 1.52. The summed E-state index contributed by atoms with van der Waals surface area (Å²) in [5, 5.41) is 0. The Labute approximate surface area is 92.1 Å². The fourth-order valence-electron chi connectivity index (χ4n) is 1.90. The van der Waals surface area contributed by atoms with Crippen LogP contribution in [0.3, 0.4) is 0 Å². The molecular formula is C11H14N2O3. The van der Waals surface area contributed by atoms with Crippen LogP contribution in [0, 0.1) is 5.41 Å². The SMILES string of the molecule is CC(=O)c1c[nH]c(=O)n(C2CC2(C)C)c1=O. The molecule has 0 bridgehead atoms. The van der Waals surface area contributed by atoms with Crippen molar-refractivity contribution in [1.29, 1.82) is 0 Å². The Balaban J connectivity index is 2.62. The highest BCUT2D eigenvalue weighted by atomic mass is 16.2. The van der Waals surface area contributed by atoms with Crippen molar-refractivity contribution in [2.45, 2.75) is 33.2 Å². The van der Waals surface area contributed by atoms with E-state index in [2.05, 4.69) is 4.98 Å². The molecule has 1 unspecified atom stereocenters. The van der Waals surface area contributed by atoms with E-state index < -0.39 is 11.2 Å². The molecular weight excluding hydrogens is 208 g/mol. The fraction of sp³-hybridized carbons (Fsp3) is 0.545. The van der Waals surface area contributed by atoms with Gasteiger partial charge in [0.25, 0.3) is 5.56 Å². The van der Waals surface area contributed by atoms with Crippen molar-refractivity contribution in [3.05, 3.63) is 32.6 Å². The van der Waals surface area contributed by atoms with Gasteiger partial charge in [-0.25, -0.2) is 4.79 Å². The van der Waals surface area contributed by atoms with Crippen molar-refractivity contribution in [2.24, 2.45) is 5.41 Å². The quantitative estimate of drug-likeness (QED) is 0.749. The summed E-state index contributed by atoms with van der Waals surface area (Å²) in [5.41, 5.74) is -0.911. The molecule has 16 heavy (non-hydrogen) atoms. The van der Waals surface area contributed by atoms with E-state index in [0.29, 0.717) is 0 Å². The largest absolute Gasteiger partial charge is 0.328 e. The van der Waals surface area contributed by atoms with Crippen molar-refractivity contribution in [3.8, 4) is 0 Å². The molecule has 5 nitrogen and oxygen atoms in total. The topological polar surface area (TPSA) is 71.9 Å². The van der Waals surface area contributed by atoms with Crippen molar-refractivity contribution in [3.63, 3.8) is 0 Å². The first-order chi connectivity index (χ1) is 7.34. The molecule has 1 heterocycles. The minimum atomic E-state index is -0.480. The van der Waals surface area contributed by atoms with Gasteiger partial charge in [0.1, 0.15) is 0 Å². The van der Waals surface area contributed by atoms with Gasteiger partial charge < -0.3 is 4.98 Å². The smallest absolute Gasteiger partial charge is 0.313 e.